The second-order valence-corrected chi connectivity index (χ2v) is 10.9. The molecule has 1 saturated heterocycles. The van der Waals surface area contributed by atoms with E-state index in [1.807, 2.05) is 31.2 Å². The van der Waals surface area contributed by atoms with Crippen LogP contribution in [0.4, 0.5) is 4.79 Å². The van der Waals surface area contributed by atoms with Crippen molar-refractivity contribution in [1.29, 1.82) is 0 Å². The fourth-order valence-corrected chi connectivity index (χ4v) is 5.45. The molecule has 2 heterocycles. The largest absolute Gasteiger partial charge is 0.493 e. The van der Waals surface area contributed by atoms with E-state index in [1.165, 1.54) is 17.7 Å². The highest BCUT2D eigenvalue weighted by atomic mass is 16.5. The highest BCUT2D eigenvalue weighted by molar-refractivity contribution is 5.96. The summed E-state index contributed by atoms with van der Waals surface area (Å²) in [5.41, 5.74) is 4.21. The van der Waals surface area contributed by atoms with Crippen LogP contribution in [0.5, 0.6) is 11.5 Å². The average molecular weight is 536 g/mol. The summed E-state index contributed by atoms with van der Waals surface area (Å²) in [4.78, 5) is 41.5. The third kappa shape index (κ3) is 6.53. The summed E-state index contributed by atoms with van der Waals surface area (Å²) in [6.45, 7) is 5.01. The molecule has 9 heteroatoms. The first kappa shape index (κ1) is 27.0. The predicted molar refractivity (Wildman–Crippen MR) is 145 cm³/mol. The van der Waals surface area contributed by atoms with Crippen LogP contribution in [0.3, 0.4) is 0 Å². The molecule has 1 aliphatic carbocycles. The van der Waals surface area contributed by atoms with Gasteiger partial charge >= 0.3 is 12.0 Å². The topological polar surface area (TPSA) is 99.6 Å². The molecule has 39 heavy (non-hydrogen) atoms. The molecule has 1 unspecified atom stereocenters. The first-order valence-corrected chi connectivity index (χ1v) is 13.8. The molecule has 2 aromatic carbocycles. The van der Waals surface area contributed by atoms with Crippen molar-refractivity contribution >= 4 is 17.9 Å². The number of aryl methyl sites for hydroxylation is 1. The van der Waals surface area contributed by atoms with E-state index in [4.69, 9.17) is 9.47 Å². The van der Waals surface area contributed by atoms with Gasteiger partial charge in [0.1, 0.15) is 18.1 Å². The average Bonchev–Trinajstić information content (AvgIpc) is 3.60. The molecule has 3 aliphatic rings. The van der Waals surface area contributed by atoms with Crippen molar-refractivity contribution in [2.24, 2.45) is 5.92 Å². The highest BCUT2D eigenvalue weighted by Crippen LogP contribution is 2.37. The monoisotopic (exact) mass is 535 g/mol. The molecule has 1 N–H and O–H groups in total. The number of amides is 3. The summed E-state index contributed by atoms with van der Waals surface area (Å²) in [5, 5.41) is 9.79. The van der Waals surface area contributed by atoms with Gasteiger partial charge in [0.2, 0.25) is 5.91 Å². The van der Waals surface area contributed by atoms with E-state index in [0.717, 1.165) is 41.0 Å². The van der Waals surface area contributed by atoms with Crippen molar-refractivity contribution in [2.75, 3.05) is 39.9 Å². The zero-order valence-corrected chi connectivity index (χ0v) is 22.7. The van der Waals surface area contributed by atoms with Crippen LogP contribution in [0, 0.1) is 12.8 Å². The SMILES string of the molecule is Cc1cc(CN(CC2CC2)C(CC(=O)O)c2ccc3c(c2)CCO3)ccc1OCCN1C(=O)CCN(C)C1=O. The number of carboxylic acid groups (broad SMARTS) is 1. The molecular weight excluding hydrogens is 498 g/mol. The maximum atomic E-state index is 12.3. The molecule has 2 aliphatic heterocycles. The van der Waals surface area contributed by atoms with Crippen LogP contribution in [-0.2, 0) is 22.6 Å². The summed E-state index contributed by atoms with van der Waals surface area (Å²) >= 11 is 0. The van der Waals surface area contributed by atoms with Crippen molar-refractivity contribution in [3.63, 3.8) is 0 Å². The molecule has 208 valence electrons. The Morgan fingerprint density at radius 2 is 2.00 bits per heavy atom. The van der Waals surface area contributed by atoms with E-state index in [2.05, 4.69) is 17.0 Å². The minimum absolute atomic E-state index is 0.0374. The lowest BCUT2D eigenvalue weighted by Gasteiger charge is -2.32. The molecule has 2 aromatic rings. The van der Waals surface area contributed by atoms with Crippen LogP contribution in [0.25, 0.3) is 0 Å². The third-order valence-electron chi connectivity index (χ3n) is 7.81. The van der Waals surface area contributed by atoms with Gasteiger partial charge in [-0.3, -0.25) is 19.4 Å². The van der Waals surface area contributed by atoms with E-state index >= 15 is 0 Å². The Hall–Kier alpha value is -3.59. The number of hydrogen-bond acceptors (Lipinski definition) is 6. The van der Waals surface area contributed by atoms with E-state index in [1.54, 1.807) is 11.9 Å². The summed E-state index contributed by atoms with van der Waals surface area (Å²) in [6, 6.07) is 11.6. The molecule has 5 rings (SSSR count). The molecule has 0 radical (unpaired) electrons. The fraction of sp³-hybridized carbons (Fsp3) is 0.500. The maximum Gasteiger partial charge on any atom is 0.326 e. The number of urea groups is 1. The second kappa shape index (κ2) is 11.7. The van der Waals surface area contributed by atoms with E-state index < -0.39 is 5.97 Å². The Balaban J connectivity index is 1.28. The lowest BCUT2D eigenvalue weighted by Crippen LogP contribution is -2.51. The zero-order chi connectivity index (χ0) is 27.5. The molecule has 9 nitrogen and oxygen atoms in total. The predicted octanol–water partition coefficient (Wildman–Crippen LogP) is 4.02. The zero-order valence-electron chi connectivity index (χ0n) is 22.7. The minimum Gasteiger partial charge on any atom is -0.493 e. The fourth-order valence-electron chi connectivity index (χ4n) is 5.45. The van der Waals surface area contributed by atoms with Gasteiger partial charge in [-0.25, -0.2) is 4.79 Å². The standard InChI is InChI=1S/C30H37N3O6/c1-20-15-22(5-7-26(20)39-14-12-33-28(34)9-11-31(2)30(33)37)19-32(18-21-3-4-21)25(17-29(35)36)23-6-8-27-24(16-23)10-13-38-27/h5-8,15-16,21,25H,3-4,9-14,17-19H2,1-2H3,(H,35,36). The van der Waals surface area contributed by atoms with Crippen LogP contribution < -0.4 is 9.47 Å². The Labute approximate surface area is 229 Å². The molecule has 1 atom stereocenters. The smallest absolute Gasteiger partial charge is 0.326 e. The van der Waals surface area contributed by atoms with Gasteiger partial charge in [-0.05, 0) is 60.1 Å². The summed E-state index contributed by atoms with van der Waals surface area (Å²) in [5.74, 6) is 1.22. The minimum atomic E-state index is -0.811. The lowest BCUT2D eigenvalue weighted by molar-refractivity contribution is -0.138. The number of hydrogen-bond donors (Lipinski definition) is 1. The number of carbonyl (C=O) groups excluding carboxylic acids is 2. The Morgan fingerprint density at radius 3 is 2.74 bits per heavy atom. The number of ether oxygens (including phenoxy) is 2. The maximum absolute atomic E-state index is 12.3. The molecule has 1 saturated carbocycles. The van der Waals surface area contributed by atoms with Crippen molar-refractivity contribution in [1.82, 2.24) is 14.7 Å². The van der Waals surface area contributed by atoms with Gasteiger partial charge in [0, 0.05) is 45.6 Å². The number of imide groups is 1. The van der Waals surface area contributed by atoms with E-state index in [-0.39, 0.29) is 37.6 Å². The number of carbonyl (C=O) groups is 3. The summed E-state index contributed by atoms with van der Waals surface area (Å²) in [7, 11) is 1.69. The normalized spacial score (nSPS) is 17.8. The molecule has 0 aromatic heterocycles. The van der Waals surface area contributed by atoms with Crippen molar-refractivity contribution in [3.8, 4) is 11.5 Å². The number of rotatable bonds is 12. The van der Waals surface area contributed by atoms with Crippen molar-refractivity contribution in [3.05, 3.63) is 58.7 Å². The summed E-state index contributed by atoms with van der Waals surface area (Å²) in [6.07, 6.45) is 3.57. The number of nitrogens with zero attached hydrogens (tertiary/aromatic N) is 3. The van der Waals surface area contributed by atoms with Crippen LogP contribution >= 0.6 is 0 Å². The third-order valence-corrected chi connectivity index (χ3v) is 7.81. The second-order valence-electron chi connectivity index (χ2n) is 10.9. The van der Waals surface area contributed by atoms with Gasteiger partial charge in [0.25, 0.3) is 0 Å². The molecule has 0 bridgehead atoms. The molecular formula is C30H37N3O6. The van der Waals surface area contributed by atoms with Gasteiger partial charge in [-0.15, -0.1) is 0 Å². The van der Waals surface area contributed by atoms with Gasteiger partial charge in [-0.1, -0.05) is 24.3 Å². The van der Waals surface area contributed by atoms with Gasteiger partial charge in [-0.2, -0.15) is 0 Å². The molecule has 3 amide bonds. The lowest BCUT2D eigenvalue weighted by atomic mass is 9.97. The number of aliphatic carboxylic acids is 1. The van der Waals surface area contributed by atoms with Gasteiger partial charge < -0.3 is 19.5 Å². The molecule has 2 fully saturated rings. The van der Waals surface area contributed by atoms with Crippen LogP contribution in [-0.4, -0.2) is 77.6 Å². The van der Waals surface area contributed by atoms with Crippen LogP contribution in [0.15, 0.2) is 36.4 Å². The Morgan fingerprint density at radius 1 is 1.18 bits per heavy atom. The van der Waals surface area contributed by atoms with Gasteiger partial charge in [0.05, 0.1) is 19.6 Å². The van der Waals surface area contributed by atoms with Crippen LogP contribution in [0.1, 0.15) is 54.0 Å². The summed E-state index contributed by atoms with van der Waals surface area (Å²) < 4.78 is 11.6. The van der Waals surface area contributed by atoms with Crippen molar-refractivity contribution < 1.29 is 29.0 Å². The quantitative estimate of drug-likeness (QED) is 0.438. The first-order valence-electron chi connectivity index (χ1n) is 13.8. The number of fused-ring (bicyclic) bond motifs is 1. The van der Waals surface area contributed by atoms with E-state index in [0.29, 0.717) is 37.8 Å². The highest BCUT2D eigenvalue weighted by Gasteiger charge is 2.32. The Kier molecular flexibility index (Phi) is 8.07. The van der Waals surface area contributed by atoms with Crippen LogP contribution in [0.2, 0.25) is 0 Å². The van der Waals surface area contributed by atoms with Gasteiger partial charge in [0.15, 0.2) is 0 Å². The first-order chi connectivity index (χ1) is 18.8. The molecule has 0 spiro atoms. The number of benzene rings is 2. The Bertz CT molecular complexity index is 1240. The van der Waals surface area contributed by atoms with E-state index in [9.17, 15) is 19.5 Å². The number of carboxylic acids is 1. The van der Waals surface area contributed by atoms with Crippen molar-refractivity contribution in [2.45, 2.75) is 51.6 Å².